The molecule has 1 aliphatic rings. The Kier molecular flexibility index (Phi) is 4.57. The monoisotopic (exact) mass is 291 g/mol. The zero-order valence-corrected chi connectivity index (χ0v) is 12.0. The highest BCUT2D eigenvalue weighted by molar-refractivity contribution is 5.76. The van der Waals surface area contributed by atoms with Crippen LogP contribution in [-0.4, -0.2) is 42.4 Å². The maximum atomic E-state index is 8.76. The van der Waals surface area contributed by atoms with Crippen LogP contribution in [0.2, 0.25) is 0 Å². The Morgan fingerprint density at radius 1 is 1.38 bits per heavy atom. The number of hydrogen-bond donors (Lipinski definition) is 3. The van der Waals surface area contributed by atoms with Crippen LogP contribution in [0.15, 0.2) is 22.6 Å². The number of nitrogens with one attached hydrogen (secondary N) is 2. The summed E-state index contributed by atoms with van der Waals surface area (Å²) in [6, 6.07) is 6.58. The molecule has 0 atom stereocenters. The molecule has 3 rings (SSSR count). The third-order valence-corrected chi connectivity index (χ3v) is 3.60. The lowest BCUT2D eigenvalue weighted by atomic mass is 10.1. The molecule has 1 aliphatic heterocycles. The summed E-state index contributed by atoms with van der Waals surface area (Å²) in [5.41, 5.74) is 1.54. The highest BCUT2D eigenvalue weighted by Gasteiger charge is 2.15. The van der Waals surface area contributed by atoms with Crippen molar-refractivity contribution in [2.45, 2.75) is 25.3 Å². The zero-order chi connectivity index (χ0) is 14.5. The lowest BCUT2D eigenvalue weighted by Crippen LogP contribution is -2.35. The van der Waals surface area contributed by atoms with Crippen LogP contribution in [0.5, 0.6) is 5.75 Å². The Bertz CT molecular complexity index is 579. The van der Waals surface area contributed by atoms with Gasteiger partial charge in [0.2, 0.25) is 0 Å². The van der Waals surface area contributed by atoms with Gasteiger partial charge in [-0.15, -0.1) is 0 Å². The molecule has 6 nitrogen and oxygen atoms in total. The summed E-state index contributed by atoms with van der Waals surface area (Å²) in [6.45, 7) is 2.69. The van der Waals surface area contributed by atoms with Crippen LogP contribution in [0, 0.1) is 0 Å². The quantitative estimate of drug-likeness (QED) is 0.704. The molecule has 6 heteroatoms. The number of oxazole rings is 1. The maximum Gasteiger partial charge on any atom is 0.295 e. The van der Waals surface area contributed by atoms with Crippen LogP contribution in [0.4, 0.5) is 6.01 Å². The number of aliphatic hydroxyl groups is 1. The van der Waals surface area contributed by atoms with Gasteiger partial charge in [0.1, 0.15) is 11.3 Å². The third kappa shape index (κ3) is 3.65. The second-order valence-electron chi connectivity index (χ2n) is 5.24. The van der Waals surface area contributed by atoms with Crippen LogP contribution >= 0.6 is 0 Å². The second kappa shape index (κ2) is 6.78. The fraction of sp³-hybridized carbons (Fsp3) is 0.533. The first-order valence-electron chi connectivity index (χ1n) is 7.46. The molecule has 21 heavy (non-hydrogen) atoms. The van der Waals surface area contributed by atoms with E-state index in [2.05, 4.69) is 15.6 Å². The molecule has 0 radical (unpaired) electrons. The molecule has 2 heterocycles. The Hall–Kier alpha value is -1.79. The van der Waals surface area contributed by atoms with Gasteiger partial charge in [0.05, 0.1) is 6.61 Å². The van der Waals surface area contributed by atoms with Crippen LogP contribution in [0.3, 0.4) is 0 Å². The summed E-state index contributed by atoms with van der Waals surface area (Å²) >= 11 is 0. The van der Waals surface area contributed by atoms with Crippen molar-refractivity contribution in [1.82, 2.24) is 10.3 Å². The molecule has 1 fully saturated rings. The Morgan fingerprint density at radius 3 is 3.05 bits per heavy atom. The van der Waals surface area contributed by atoms with E-state index in [0.29, 0.717) is 25.1 Å². The molecule has 1 saturated heterocycles. The van der Waals surface area contributed by atoms with E-state index in [1.807, 2.05) is 18.2 Å². The van der Waals surface area contributed by atoms with Gasteiger partial charge in [-0.2, -0.15) is 4.98 Å². The van der Waals surface area contributed by atoms with Gasteiger partial charge < -0.3 is 24.9 Å². The summed E-state index contributed by atoms with van der Waals surface area (Å²) in [6.07, 6.45) is 2.78. The molecule has 0 spiro atoms. The Morgan fingerprint density at radius 2 is 2.24 bits per heavy atom. The summed E-state index contributed by atoms with van der Waals surface area (Å²) in [5, 5.41) is 15.4. The minimum Gasteiger partial charge on any atom is -0.493 e. The molecule has 114 valence electrons. The predicted molar refractivity (Wildman–Crippen MR) is 80.7 cm³/mol. The largest absolute Gasteiger partial charge is 0.493 e. The predicted octanol–water partition coefficient (Wildman–Crippen LogP) is 1.75. The summed E-state index contributed by atoms with van der Waals surface area (Å²) < 4.78 is 11.3. The molecule has 1 aromatic heterocycles. The minimum absolute atomic E-state index is 0.135. The highest BCUT2D eigenvalue weighted by Crippen LogP contribution is 2.24. The van der Waals surface area contributed by atoms with Crippen LogP contribution < -0.4 is 15.4 Å². The standard InChI is InChI=1S/C15H21N3O3/c19-8-1-9-20-12-2-3-14-13(10-12)18-15(21-14)17-11-4-6-16-7-5-11/h2-3,10-11,16,19H,1,4-9H2,(H,17,18). The van der Waals surface area contributed by atoms with Crippen molar-refractivity contribution in [2.24, 2.45) is 0 Å². The normalized spacial score (nSPS) is 16.2. The SMILES string of the molecule is OCCCOc1ccc2oc(NC3CCNCC3)nc2c1. The summed E-state index contributed by atoms with van der Waals surface area (Å²) in [5.74, 6) is 0.748. The smallest absolute Gasteiger partial charge is 0.295 e. The number of nitrogens with zero attached hydrogens (tertiary/aromatic N) is 1. The van der Waals surface area contributed by atoms with E-state index in [9.17, 15) is 0 Å². The van der Waals surface area contributed by atoms with Crippen molar-refractivity contribution in [3.8, 4) is 5.75 Å². The van der Waals surface area contributed by atoms with Gasteiger partial charge in [0.25, 0.3) is 6.01 Å². The van der Waals surface area contributed by atoms with Gasteiger partial charge in [-0.05, 0) is 38.1 Å². The molecule has 0 aliphatic carbocycles. The van der Waals surface area contributed by atoms with E-state index in [1.54, 1.807) is 0 Å². The number of ether oxygens (including phenoxy) is 1. The van der Waals surface area contributed by atoms with Crippen molar-refractivity contribution in [3.63, 3.8) is 0 Å². The molecule has 1 aromatic carbocycles. The number of rotatable bonds is 6. The van der Waals surface area contributed by atoms with Crippen LogP contribution in [-0.2, 0) is 0 Å². The fourth-order valence-corrected chi connectivity index (χ4v) is 2.45. The Balaban J connectivity index is 1.67. The maximum absolute atomic E-state index is 8.76. The molecule has 0 amide bonds. The van der Waals surface area contributed by atoms with Gasteiger partial charge >= 0.3 is 0 Å². The average molecular weight is 291 g/mol. The van der Waals surface area contributed by atoms with E-state index >= 15 is 0 Å². The second-order valence-corrected chi connectivity index (χ2v) is 5.24. The minimum atomic E-state index is 0.135. The van der Waals surface area contributed by atoms with E-state index in [-0.39, 0.29) is 6.61 Å². The lowest BCUT2D eigenvalue weighted by Gasteiger charge is -2.22. The van der Waals surface area contributed by atoms with Gasteiger partial charge in [-0.3, -0.25) is 0 Å². The van der Waals surface area contributed by atoms with Crippen molar-refractivity contribution >= 4 is 17.1 Å². The number of fused-ring (bicyclic) bond motifs is 1. The van der Waals surface area contributed by atoms with E-state index in [0.717, 1.165) is 42.8 Å². The molecule has 3 N–H and O–H groups in total. The first-order valence-corrected chi connectivity index (χ1v) is 7.46. The van der Waals surface area contributed by atoms with Gasteiger partial charge in [-0.25, -0.2) is 0 Å². The van der Waals surface area contributed by atoms with Crippen LogP contribution in [0.25, 0.3) is 11.1 Å². The molecule has 0 unspecified atom stereocenters. The fourth-order valence-electron chi connectivity index (χ4n) is 2.45. The number of hydrogen-bond acceptors (Lipinski definition) is 6. The van der Waals surface area contributed by atoms with Gasteiger partial charge in [0, 0.05) is 25.1 Å². The molecule has 0 bridgehead atoms. The van der Waals surface area contributed by atoms with Crippen molar-refractivity contribution < 1.29 is 14.3 Å². The Labute approximate surface area is 123 Å². The third-order valence-electron chi connectivity index (χ3n) is 3.60. The van der Waals surface area contributed by atoms with Crippen molar-refractivity contribution in [2.75, 3.05) is 31.6 Å². The summed E-state index contributed by atoms with van der Waals surface area (Å²) in [7, 11) is 0. The van der Waals surface area contributed by atoms with E-state index < -0.39 is 0 Å². The lowest BCUT2D eigenvalue weighted by molar-refractivity contribution is 0.233. The van der Waals surface area contributed by atoms with Crippen LogP contribution in [0.1, 0.15) is 19.3 Å². The molecular formula is C15H21N3O3. The highest BCUT2D eigenvalue weighted by atomic mass is 16.5. The number of benzene rings is 1. The molecule has 2 aromatic rings. The summed E-state index contributed by atoms with van der Waals surface area (Å²) in [4.78, 5) is 4.47. The first kappa shape index (κ1) is 14.2. The van der Waals surface area contributed by atoms with Gasteiger partial charge in [-0.1, -0.05) is 0 Å². The molecular weight excluding hydrogens is 270 g/mol. The number of aromatic nitrogens is 1. The van der Waals surface area contributed by atoms with E-state index in [4.69, 9.17) is 14.3 Å². The number of anilines is 1. The zero-order valence-electron chi connectivity index (χ0n) is 12.0. The van der Waals surface area contributed by atoms with E-state index in [1.165, 1.54) is 0 Å². The average Bonchev–Trinajstić information content (AvgIpc) is 2.90. The first-order chi connectivity index (χ1) is 10.3. The number of piperidine rings is 1. The van der Waals surface area contributed by atoms with Gasteiger partial charge in [0.15, 0.2) is 5.58 Å². The van der Waals surface area contributed by atoms with Crippen molar-refractivity contribution in [3.05, 3.63) is 18.2 Å². The molecule has 0 saturated carbocycles. The number of aliphatic hydroxyl groups excluding tert-OH is 1. The topological polar surface area (TPSA) is 79.5 Å². The van der Waals surface area contributed by atoms with Crippen molar-refractivity contribution in [1.29, 1.82) is 0 Å².